The molecule has 7 nitrogen and oxygen atoms in total. The van der Waals surface area contributed by atoms with Gasteiger partial charge in [0.25, 0.3) is 0 Å². The van der Waals surface area contributed by atoms with Gasteiger partial charge in [-0.1, -0.05) is 0 Å². The summed E-state index contributed by atoms with van der Waals surface area (Å²) < 4.78 is 33.7. The summed E-state index contributed by atoms with van der Waals surface area (Å²) in [5, 5.41) is 12.7. The summed E-state index contributed by atoms with van der Waals surface area (Å²) in [4.78, 5) is 17.1. The predicted molar refractivity (Wildman–Crippen MR) is 79.5 cm³/mol. The summed E-state index contributed by atoms with van der Waals surface area (Å²) in [5.41, 5.74) is 6.74. The molecule has 1 aliphatic rings. The Kier molecular flexibility index (Phi) is 5.60. The lowest BCUT2D eigenvalue weighted by Gasteiger charge is -2.26. The Labute approximate surface area is 139 Å². The first-order valence-electron chi connectivity index (χ1n) is 7.10. The van der Waals surface area contributed by atoms with Crippen LogP contribution in [0.3, 0.4) is 0 Å². The smallest absolute Gasteiger partial charge is 0.475 e. The van der Waals surface area contributed by atoms with Gasteiger partial charge >= 0.3 is 12.1 Å². The molecule has 0 aromatic carbocycles. The zero-order valence-corrected chi connectivity index (χ0v) is 13.1. The SMILES string of the molecule is N[C@H]1CC[C@H](n2ncc3cnc(Cl)nc32)CC1.O=C(O)C(F)(F)F. The average Bonchev–Trinajstić information content (AvgIpc) is 2.90. The van der Waals surface area contributed by atoms with Crippen LogP contribution >= 0.6 is 11.6 Å². The fraction of sp³-hybridized carbons (Fsp3) is 0.538. The molecule has 11 heteroatoms. The van der Waals surface area contributed by atoms with Crippen molar-refractivity contribution in [2.45, 2.75) is 43.9 Å². The van der Waals surface area contributed by atoms with E-state index < -0.39 is 12.1 Å². The molecule has 1 aliphatic carbocycles. The van der Waals surface area contributed by atoms with Crippen molar-refractivity contribution in [1.82, 2.24) is 19.7 Å². The molecule has 1 fully saturated rings. The highest BCUT2D eigenvalue weighted by Crippen LogP contribution is 2.29. The third-order valence-electron chi connectivity index (χ3n) is 3.63. The van der Waals surface area contributed by atoms with Crippen molar-refractivity contribution in [1.29, 1.82) is 0 Å². The third-order valence-corrected chi connectivity index (χ3v) is 3.82. The number of carboxylic acid groups (broad SMARTS) is 1. The van der Waals surface area contributed by atoms with Gasteiger partial charge in [0.05, 0.1) is 17.6 Å². The van der Waals surface area contributed by atoms with Gasteiger partial charge in [-0.15, -0.1) is 0 Å². The second-order valence-electron chi connectivity index (χ2n) is 5.38. The summed E-state index contributed by atoms with van der Waals surface area (Å²) in [6, 6.07) is 0.726. The lowest BCUT2D eigenvalue weighted by atomic mass is 9.92. The van der Waals surface area contributed by atoms with E-state index in [0.29, 0.717) is 12.1 Å². The molecular weight excluding hydrogens is 351 g/mol. The molecule has 2 aromatic heterocycles. The number of rotatable bonds is 1. The van der Waals surface area contributed by atoms with Crippen LogP contribution in [0.5, 0.6) is 0 Å². The molecule has 0 radical (unpaired) electrons. The third kappa shape index (κ3) is 4.54. The molecule has 3 rings (SSSR count). The topological polar surface area (TPSA) is 107 Å². The van der Waals surface area contributed by atoms with E-state index in [1.54, 1.807) is 12.4 Å². The van der Waals surface area contributed by atoms with Crippen LogP contribution in [0.2, 0.25) is 5.28 Å². The van der Waals surface area contributed by atoms with Crippen LogP contribution in [0.15, 0.2) is 12.4 Å². The fourth-order valence-electron chi connectivity index (χ4n) is 2.43. The average molecular weight is 366 g/mol. The van der Waals surface area contributed by atoms with E-state index in [1.165, 1.54) is 0 Å². The number of carboxylic acids is 1. The summed E-state index contributed by atoms with van der Waals surface area (Å²) >= 11 is 5.83. The first-order chi connectivity index (χ1) is 11.2. The first kappa shape index (κ1) is 18.4. The molecule has 3 N–H and O–H groups in total. The monoisotopic (exact) mass is 365 g/mol. The molecule has 0 atom stereocenters. The van der Waals surface area contributed by atoms with Gasteiger partial charge in [-0.05, 0) is 37.3 Å². The molecule has 1 saturated carbocycles. The summed E-state index contributed by atoms with van der Waals surface area (Å²) in [6.07, 6.45) is 2.62. The van der Waals surface area contributed by atoms with Crippen molar-refractivity contribution in [2.75, 3.05) is 0 Å². The predicted octanol–water partition coefficient (Wildman–Crippen LogP) is 2.56. The van der Waals surface area contributed by atoms with Gasteiger partial charge < -0.3 is 10.8 Å². The van der Waals surface area contributed by atoms with Gasteiger partial charge in [-0.2, -0.15) is 23.3 Å². The summed E-state index contributed by atoms with van der Waals surface area (Å²) in [6.45, 7) is 0. The van der Waals surface area contributed by atoms with Crippen LogP contribution in [0.4, 0.5) is 13.2 Å². The van der Waals surface area contributed by atoms with Crippen LogP contribution in [-0.2, 0) is 4.79 Å². The number of aliphatic carboxylic acids is 1. The van der Waals surface area contributed by atoms with E-state index in [9.17, 15) is 13.2 Å². The fourth-order valence-corrected chi connectivity index (χ4v) is 2.56. The van der Waals surface area contributed by atoms with E-state index in [2.05, 4.69) is 15.1 Å². The summed E-state index contributed by atoms with van der Waals surface area (Å²) in [7, 11) is 0. The zero-order valence-electron chi connectivity index (χ0n) is 12.4. The molecule has 2 heterocycles. The number of halogens is 4. The quantitative estimate of drug-likeness (QED) is 0.752. The Balaban J connectivity index is 0.000000256. The molecule has 0 unspecified atom stereocenters. The van der Waals surface area contributed by atoms with E-state index in [-0.39, 0.29) is 5.28 Å². The number of alkyl halides is 3. The maximum absolute atomic E-state index is 10.6. The van der Waals surface area contributed by atoms with E-state index >= 15 is 0 Å². The van der Waals surface area contributed by atoms with Crippen molar-refractivity contribution in [3.63, 3.8) is 0 Å². The number of nitrogens with two attached hydrogens (primary N) is 1. The molecule has 0 spiro atoms. The standard InChI is InChI=1S/C11H14ClN5.C2HF3O2/c12-11-14-5-7-6-15-17(10(7)16-11)9-3-1-8(13)2-4-9;3-2(4,5)1(6)7/h5-6,8-9H,1-4,13H2;(H,6,7)/t8-,9-;. The van der Waals surface area contributed by atoms with Crippen LogP contribution in [-0.4, -0.2) is 43.0 Å². The normalized spacial score (nSPS) is 21.2. The zero-order chi connectivity index (χ0) is 17.9. The van der Waals surface area contributed by atoms with Crippen molar-refractivity contribution in [3.8, 4) is 0 Å². The van der Waals surface area contributed by atoms with Gasteiger partial charge in [-0.25, -0.2) is 14.5 Å². The minimum absolute atomic E-state index is 0.270. The van der Waals surface area contributed by atoms with Gasteiger partial charge in [-0.3, -0.25) is 0 Å². The second kappa shape index (κ2) is 7.31. The Morgan fingerprint density at radius 3 is 2.42 bits per heavy atom. The molecule has 132 valence electrons. The lowest BCUT2D eigenvalue weighted by Crippen LogP contribution is -2.28. The van der Waals surface area contributed by atoms with Gasteiger partial charge in [0.2, 0.25) is 5.28 Å². The minimum Gasteiger partial charge on any atom is -0.475 e. The second-order valence-corrected chi connectivity index (χ2v) is 5.72. The Morgan fingerprint density at radius 2 is 1.88 bits per heavy atom. The number of carbonyl (C=O) groups is 1. The van der Waals surface area contributed by atoms with E-state index in [4.69, 9.17) is 27.2 Å². The maximum atomic E-state index is 10.6. The number of hydrogen-bond acceptors (Lipinski definition) is 5. The number of hydrogen-bond donors (Lipinski definition) is 2. The van der Waals surface area contributed by atoms with Crippen LogP contribution < -0.4 is 5.73 Å². The molecular formula is C13H15ClF3N5O2. The van der Waals surface area contributed by atoms with Crippen molar-refractivity contribution >= 4 is 28.6 Å². The highest BCUT2D eigenvalue weighted by atomic mass is 35.5. The first-order valence-corrected chi connectivity index (χ1v) is 7.47. The van der Waals surface area contributed by atoms with Crippen molar-refractivity contribution < 1.29 is 23.1 Å². The molecule has 24 heavy (non-hydrogen) atoms. The van der Waals surface area contributed by atoms with Gasteiger partial charge in [0.15, 0.2) is 5.65 Å². The highest BCUT2D eigenvalue weighted by molar-refractivity contribution is 6.28. The Morgan fingerprint density at radius 1 is 1.29 bits per heavy atom. The molecule has 0 saturated heterocycles. The Bertz CT molecular complexity index is 713. The number of nitrogens with zero attached hydrogens (tertiary/aromatic N) is 4. The molecule has 2 aromatic rings. The Hall–Kier alpha value is -1.94. The van der Waals surface area contributed by atoms with Crippen LogP contribution in [0.1, 0.15) is 31.7 Å². The van der Waals surface area contributed by atoms with Gasteiger partial charge in [0.1, 0.15) is 0 Å². The number of aromatic nitrogens is 4. The summed E-state index contributed by atoms with van der Waals surface area (Å²) in [5.74, 6) is -2.76. The van der Waals surface area contributed by atoms with Crippen LogP contribution in [0, 0.1) is 0 Å². The molecule has 0 amide bonds. The highest BCUT2D eigenvalue weighted by Gasteiger charge is 2.38. The minimum atomic E-state index is -5.08. The maximum Gasteiger partial charge on any atom is 0.490 e. The van der Waals surface area contributed by atoms with Crippen molar-refractivity contribution in [2.24, 2.45) is 5.73 Å². The van der Waals surface area contributed by atoms with E-state index in [0.717, 1.165) is 36.7 Å². The largest absolute Gasteiger partial charge is 0.490 e. The number of fused-ring (bicyclic) bond motifs is 1. The lowest BCUT2D eigenvalue weighted by molar-refractivity contribution is -0.192. The molecule has 0 bridgehead atoms. The van der Waals surface area contributed by atoms with E-state index in [1.807, 2.05) is 4.68 Å². The van der Waals surface area contributed by atoms with Crippen LogP contribution in [0.25, 0.3) is 11.0 Å². The van der Waals surface area contributed by atoms with Crippen molar-refractivity contribution in [3.05, 3.63) is 17.7 Å². The van der Waals surface area contributed by atoms with Gasteiger partial charge in [0, 0.05) is 12.2 Å². The molecule has 0 aliphatic heterocycles.